The first-order valence-electron chi connectivity index (χ1n) is 6.84. The van der Waals surface area contributed by atoms with E-state index in [9.17, 15) is 4.79 Å². The maximum Gasteiger partial charge on any atom is 0.230 e. The van der Waals surface area contributed by atoms with Gasteiger partial charge in [0, 0.05) is 19.6 Å². The van der Waals surface area contributed by atoms with Crippen molar-refractivity contribution in [2.24, 2.45) is 5.41 Å². The first-order valence-corrected chi connectivity index (χ1v) is 6.84. The van der Waals surface area contributed by atoms with Crippen LogP contribution in [-0.2, 0) is 11.3 Å². The van der Waals surface area contributed by atoms with E-state index in [0.717, 1.165) is 45.4 Å². The van der Waals surface area contributed by atoms with Gasteiger partial charge in [0.25, 0.3) is 0 Å². The van der Waals surface area contributed by atoms with Crippen LogP contribution in [0.4, 0.5) is 0 Å². The number of nitrogens with one attached hydrogen (secondary N) is 1. The van der Waals surface area contributed by atoms with E-state index in [1.807, 2.05) is 23.1 Å². The molecule has 1 unspecified atom stereocenters. The van der Waals surface area contributed by atoms with Gasteiger partial charge in [0.1, 0.15) is 0 Å². The molecule has 2 fully saturated rings. The largest absolute Gasteiger partial charge is 0.338 e. The summed E-state index contributed by atoms with van der Waals surface area (Å²) in [7, 11) is 0. The Labute approximate surface area is 120 Å². The van der Waals surface area contributed by atoms with Gasteiger partial charge in [-0.2, -0.15) is 0 Å². The molecule has 4 heteroatoms. The quantitative estimate of drug-likeness (QED) is 0.901. The molecule has 3 rings (SSSR count). The number of amides is 1. The summed E-state index contributed by atoms with van der Waals surface area (Å²) in [6, 6.07) is 10.3. The van der Waals surface area contributed by atoms with Gasteiger partial charge in [-0.1, -0.05) is 30.3 Å². The number of benzene rings is 1. The van der Waals surface area contributed by atoms with Crippen LogP contribution in [0.15, 0.2) is 30.3 Å². The van der Waals surface area contributed by atoms with Crippen LogP contribution >= 0.6 is 12.4 Å². The lowest BCUT2D eigenvalue weighted by molar-refractivity contribution is -0.137. The van der Waals surface area contributed by atoms with E-state index in [2.05, 4.69) is 17.4 Å². The Kier molecular flexibility index (Phi) is 4.48. The number of rotatable bonds is 2. The molecule has 104 valence electrons. The van der Waals surface area contributed by atoms with Crippen LogP contribution in [0.2, 0.25) is 0 Å². The smallest absolute Gasteiger partial charge is 0.230 e. The van der Waals surface area contributed by atoms with Crippen molar-refractivity contribution in [3.8, 4) is 0 Å². The normalized spacial score (nSPS) is 26.5. The number of carbonyl (C=O) groups excluding carboxylic acids is 1. The highest BCUT2D eigenvalue weighted by Crippen LogP contribution is 2.38. The van der Waals surface area contributed by atoms with Crippen LogP contribution < -0.4 is 5.32 Å². The molecule has 0 bridgehead atoms. The van der Waals surface area contributed by atoms with Gasteiger partial charge in [0.05, 0.1) is 5.41 Å². The minimum atomic E-state index is -0.0902. The second kappa shape index (κ2) is 5.93. The van der Waals surface area contributed by atoms with Gasteiger partial charge in [-0.05, 0) is 31.4 Å². The molecule has 1 N–H and O–H groups in total. The van der Waals surface area contributed by atoms with Crippen molar-refractivity contribution in [3.63, 3.8) is 0 Å². The van der Waals surface area contributed by atoms with Gasteiger partial charge in [0.15, 0.2) is 0 Å². The summed E-state index contributed by atoms with van der Waals surface area (Å²) >= 11 is 0. The molecule has 0 aliphatic carbocycles. The van der Waals surface area contributed by atoms with E-state index in [4.69, 9.17) is 0 Å². The number of halogens is 1. The molecular formula is C15H21ClN2O. The highest BCUT2D eigenvalue weighted by molar-refractivity contribution is 5.85. The summed E-state index contributed by atoms with van der Waals surface area (Å²) in [6.45, 7) is 3.61. The van der Waals surface area contributed by atoms with Crippen LogP contribution in [0.3, 0.4) is 0 Å². The summed E-state index contributed by atoms with van der Waals surface area (Å²) in [5.74, 6) is 0.360. The van der Waals surface area contributed by atoms with Crippen molar-refractivity contribution < 1.29 is 4.79 Å². The first-order chi connectivity index (χ1) is 8.80. The molecular weight excluding hydrogens is 260 g/mol. The molecule has 1 amide bonds. The zero-order valence-corrected chi connectivity index (χ0v) is 11.9. The van der Waals surface area contributed by atoms with E-state index in [1.165, 1.54) is 5.56 Å². The van der Waals surface area contributed by atoms with Gasteiger partial charge in [-0.15, -0.1) is 12.4 Å². The third-order valence-corrected chi connectivity index (χ3v) is 4.29. The Bertz CT molecular complexity index is 429. The molecule has 0 aromatic heterocycles. The van der Waals surface area contributed by atoms with Crippen molar-refractivity contribution in [1.29, 1.82) is 0 Å². The predicted octanol–water partition coefficient (Wildman–Crippen LogP) is 2.21. The Morgan fingerprint density at radius 3 is 2.68 bits per heavy atom. The lowest BCUT2D eigenvalue weighted by Gasteiger charge is -2.32. The van der Waals surface area contributed by atoms with E-state index in [0.29, 0.717) is 5.91 Å². The molecule has 0 radical (unpaired) electrons. The third kappa shape index (κ3) is 2.77. The maximum atomic E-state index is 12.6. The van der Waals surface area contributed by atoms with Crippen molar-refractivity contribution in [1.82, 2.24) is 10.2 Å². The Morgan fingerprint density at radius 2 is 2.00 bits per heavy atom. The molecule has 1 aromatic carbocycles. The van der Waals surface area contributed by atoms with E-state index in [-0.39, 0.29) is 17.8 Å². The zero-order chi connectivity index (χ0) is 12.4. The number of hydrogen-bond acceptors (Lipinski definition) is 2. The van der Waals surface area contributed by atoms with Gasteiger partial charge in [-0.3, -0.25) is 4.79 Å². The Morgan fingerprint density at radius 1 is 1.21 bits per heavy atom. The minimum absolute atomic E-state index is 0. The zero-order valence-electron chi connectivity index (χ0n) is 11.1. The van der Waals surface area contributed by atoms with Gasteiger partial charge < -0.3 is 10.2 Å². The number of hydrogen-bond donors (Lipinski definition) is 1. The molecule has 1 spiro atoms. The first kappa shape index (κ1) is 14.4. The van der Waals surface area contributed by atoms with Gasteiger partial charge in [0.2, 0.25) is 5.91 Å². The fourth-order valence-corrected chi connectivity index (χ4v) is 3.21. The second-order valence-electron chi connectivity index (χ2n) is 5.52. The monoisotopic (exact) mass is 280 g/mol. The van der Waals surface area contributed by atoms with Crippen molar-refractivity contribution in [2.45, 2.75) is 25.8 Å². The topological polar surface area (TPSA) is 32.3 Å². The van der Waals surface area contributed by atoms with E-state index < -0.39 is 0 Å². The lowest BCUT2D eigenvalue weighted by Crippen LogP contribution is -2.45. The van der Waals surface area contributed by atoms with E-state index >= 15 is 0 Å². The molecule has 3 nitrogen and oxygen atoms in total. The predicted molar refractivity (Wildman–Crippen MR) is 78.3 cm³/mol. The fraction of sp³-hybridized carbons (Fsp3) is 0.533. The average molecular weight is 281 g/mol. The van der Waals surface area contributed by atoms with Crippen LogP contribution in [0.5, 0.6) is 0 Å². The maximum absolute atomic E-state index is 12.6. The lowest BCUT2D eigenvalue weighted by atomic mass is 9.79. The molecule has 2 heterocycles. The van der Waals surface area contributed by atoms with E-state index in [1.54, 1.807) is 0 Å². The van der Waals surface area contributed by atoms with Crippen molar-refractivity contribution >= 4 is 18.3 Å². The summed E-state index contributed by atoms with van der Waals surface area (Å²) in [4.78, 5) is 14.6. The summed E-state index contributed by atoms with van der Waals surface area (Å²) < 4.78 is 0. The SMILES string of the molecule is Cl.O=C1N(Cc2ccccc2)CCC12CCCNC2. The summed E-state index contributed by atoms with van der Waals surface area (Å²) in [5, 5.41) is 3.38. The number of nitrogens with zero attached hydrogens (tertiary/aromatic N) is 1. The molecule has 2 saturated heterocycles. The molecule has 1 atom stereocenters. The molecule has 2 aliphatic heterocycles. The highest BCUT2D eigenvalue weighted by Gasteiger charge is 2.46. The van der Waals surface area contributed by atoms with Crippen LogP contribution in [0.25, 0.3) is 0 Å². The third-order valence-electron chi connectivity index (χ3n) is 4.29. The van der Waals surface area contributed by atoms with Gasteiger partial charge in [-0.25, -0.2) is 0 Å². The standard InChI is InChI=1S/C15H20N2O.ClH/c18-14-15(7-4-9-16-12-15)8-10-17(14)11-13-5-2-1-3-6-13;/h1-3,5-6,16H,4,7-12H2;1H. The second-order valence-corrected chi connectivity index (χ2v) is 5.52. The minimum Gasteiger partial charge on any atom is -0.338 e. The van der Waals surface area contributed by atoms with Crippen LogP contribution in [0.1, 0.15) is 24.8 Å². The Balaban J connectivity index is 0.00000133. The molecule has 2 aliphatic rings. The van der Waals surface area contributed by atoms with Crippen molar-refractivity contribution in [3.05, 3.63) is 35.9 Å². The fourth-order valence-electron chi connectivity index (χ4n) is 3.21. The molecule has 0 saturated carbocycles. The van der Waals surface area contributed by atoms with Crippen LogP contribution in [0, 0.1) is 5.41 Å². The number of carbonyl (C=O) groups is 1. The summed E-state index contributed by atoms with van der Waals surface area (Å²) in [6.07, 6.45) is 3.21. The van der Waals surface area contributed by atoms with Crippen molar-refractivity contribution in [2.75, 3.05) is 19.6 Å². The highest BCUT2D eigenvalue weighted by atomic mass is 35.5. The average Bonchev–Trinajstić information content (AvgIpc) is 2.71. The number of likely N-dealkylation sites (tertiary alicyclic amines) is 1. The number of piperidine rings is 1. The summed E-state index contributed by atoms with van der Waals surface area (Å²) in [5.41, 5.74) is 1.14. The Hall–Kier alpha value is -1.06. The van der Waals surface area contributed by atoms with Crippen LogP contribution in [-0.4, -0.2) is 30.4 Å². The molecule has 1 aromatic rings. The van der Waals surface area contributed by atoms with Gasteiger partial charge >= 0.3 is 0 Å². The molecule has 19 heavy (non-hydrogen) atoms.